The molecule has 1 aromatic rings. The Bertz CT molecular complexity index is 431. The molecule has 3 N–H and O–H groups in total. The van der Waals surface area contributed by atoms with Crippen molar-refractivity contribution in [3.63, 3.8) is 0 Å². The van der Waals surface area contributed by atoms with Gasteiger partial charge in [-0.25, -0.2) is 0 Å². The van der Waals surface area contributed by atoms with Crippen LogP contribution in [-0.2, 0) is 4.79 Å². The van der Waals surface area contributed by atoms with Gasteiger partial charge >= 0.3 is 5.97 Å². The average Bonchev–Trinajstić information content (AvgIpc) is 2.47. The lowest BCUT2D eigenvalue weighted by atomic mass is 9.99. The summed E-state index contributed by atoms with van der Waals surface area (Å²) in [5.74, 6) is 0.0588. The molecule has 0 aromatic heterocycles. The van der Waals surface area contributed by atoms with E-state index in [-0.39, 0.29) is 0 Å². The van der Waals surface area contributed by atoms with Crippen molar-refractivity contribution in [3.05, 3.63) is 35.4 Å². The quantitative estimate of drug-likeness (QED) is 0.718. The van der Waals surface area contributed by atoms with Crippen LogP contribution in [0.2, 0.25) is 0 Å². The number of aliphatic carboxylic acids is 1. The Hall–Kier alpha value is -1.00. The molecule has 0 fully saturated rings. The van der Waals surface area contributed by atoms with Crippen molar-refractivity contribution in [1.82, 2.24) is 0 Å². The van der Waals surface area contributed by atoms with Crippen LogP contribution in [0.5, 0.6) is 0 Å². The SMILES string of the molecule is CCCCC(SC[C@H](N)C(=O)O)c1ccc(C(C)C)cc1. The third-order valence-electron chi connectivity index (χ3n) is 3.59. The van der Waals surface area contributed by atoms with Gasteiger partial charge in [0.2, 0.25) is 0 Å². The Labute approximate surface area is 132 Å². The van der Waals surface area contributed by atoms with E-state index in [1.54, 1.807) is 11.8 Å². The van der Waals surface area contributed by atoms with Crippen LogP contribution in [0.25, 0.3) is 0 Å². The van der Waals surface area contributed by atoms with Crippen LogP contribution in [-0.4, -0.2) is 22.9 Å². The van der Waals surface area contributed by atoms with Crippen LogP contribution in [0.4, 0.5) is 0 Å². The number of thioether (sulfide) groups is 1. The summed E-state index contributed by atoms with van der Waals surface area (Å²) in [6, 6.07) is 7.92. The molecular formula is C17H27NO2S. The van der Waals surface area contributed by atoms with Gasteiger partial charge in [-0.2, -0.15) is 11.8 Å². The first-order chi connectivity index (χ1) is 9.95. The van der Waals surface area contributed by atoms with E-state index < -0.39 is 12.0 Å². The maximum atomic E-state index is 10.8. The van der Waals surface area contributed by atoms with Gasteiger partial charge < -0.3 is 10.8 Å². The van der Waals surface area contributed by atoms with Crippen molar-refractivity contribution >= 4 is 17.7 Å². The normalized spacial score (nSPS) is 14.1. The number of carbonyl (C=O) groups is 1. The molecule has 1 rings (SSSR count). The zero-order valence-electron chi connectivity index (χ0n) is 13.2. The topological polar surface area (TPSA) is 63.3 Å². The second-order valence-corrected chi connectivity index (χ2v) is 6.97. The molecule has 0 amide bonds. The van der Waals surface area contributed by atoms with Gasteiger partial charge in [-0.1, -0.05) is 57.9 Å². The molecule has 0 aliphatic carbocycles. The minimum absolute atomic E-state index is 0.330. The van der Waals surface area contributed by atoms with Gasteiger partial charge in [0.05, 0.1) is 0 Å². The Morgan fingerprint density at radius 3 is 2.29 bits per heavy atom. The fourth-order valence-electron chi connectivity index (χ4n) is 2.12. The third kappa shape index (κ3) is 6.10. The molecule has 118 valence electrons. The molecule has 1 aromatic carbocycles. The van der Waals surface area contributed by atoms with E-state index in [1.165, 1.54) is 11.1 Å². The second kappa shape index (κ2) is 9.11. The molecule has 0 aliphatic rings. The molecular weight excluding hydrogens is 282 g/mol. The van der Waals surface area contributed by atoms with Crippen LogP contribution in [0.1, 0.15) is 62.3 Å². The molecule has 0 aliphatic heterocycles. The van der Waals surface area contributed by atoms with Gasteiger partial charge in [0.25, 0.3) is 0 Å². The molecule has 0 heterocycles. The maximum absolute atomic E-state index is 10.8. The van der Waals surface area contributed by atoms with Gasteiger partial charge in [0.1, 0.15) is 6.04 Å². The van der Waals surface area contributed by atoms with Gasteiger partial charge in [0.15, 0.2) is 0 Å². The van der Waals surface area contributed by atoms with E-state index in [0.717, 1.165) is 19.3 Å². The maximum Gasteiger partial charge on any atom is 0.321 e. The fraction of sp³-hybridized carbons (Fsp3) is 0.588. The van der Waals surface area contributed by atoms with E-state index >= 15 is 0 Å². The van der Waals surface area contributed by atoms with Crippen LogP contribution < -0.4 is 5.73 Å². The Balaban J connectivity index is 2.73. The van der Waals surface area contributed by atoms with E-state index in [9.17, 15) is 4.79 Å². The van der Waals surface area contributed by atoms with Gasteiger partial charge in [0, 0.05) is 11.0 Å². The van der Waals surface area contributed by atoms with Crippen molar-refractivity contribution < 1.29 is 9.90 Å². The van der Waals surface area contributed by atoms with Crippen molar-refractivity contribution in [2.24, 2.45) is 5.73 Å². The highest BCUT2D eigenvalue weighted by molar-refractivity contribution is 7.99. The fourth-order valence-corrected chi connectivity index (χ4v) is 3.39. The zero-order valence-corrected chi connectivity index (χ0v) is 14.0. The summed E-state index contributed by atoms with van der Waals surface area (Å²) in [5.41, 5.74) is 8.22. The number of rotatable bonds is 9. The van der Waals surface area contributed by atoms with Crippen molar-refractivity contribution in [3.8, 4) is 0 Å². The number of unbranched alkanes of at least 4 members (excludes halogenated alkanes) is 1. The lowest BCUT2D eigenvalue weighted by Crippen LogP contribution is -2.32. The monoisotopic (exact) mass is 309 g/mol. The molecule has 21 heavy (non-hydrogen) atoms. The number of hydrogen-bond donors (Lipinski definition) is 2. The number of benzene rings is 1. The average molecular weight is 309 g/mol. The van der Waals surface area contributed by atoms with E-state index in [0.29, 0.717) is 16.9 Å². The predicted octanol–water partition coefficient (Wildman–Crippen LogP) is 4.19. The molecule has 0 spiro atoms. The standard InChI is InChI=1S/C17H27NO2S/c1-4-5-6-16(21-11-15(18)17(19)20)14-9-7-13(8-10-14)12(2)3/h7-10,12,15-16H,4-6,11,18H2,1-3H3,(H,19,20)/t15-,16?/m0/s1. The third-order valence-corrected chi connectivity index (χ3v) is 5.05. The van der Waals surface area contributed by atoms with Crippen LogP contribution in [0.3, 0.4) is 0 Å². The molecule has 0 radical (unpaired) electrons. The zero-order chi connectivity index (χ0) is 15.8. The highest BCUT2D eigenvalue weighted by atomic mass is 32.2. The lowest BCUT2D eigenvalue weighted by Gasteiger charge is -2.19. The lowest BCUT2D eigenvalue weighted by molar-refractivity contribution is -0.137. The van der Waals surface area contributed by atoms with E-state index in [4.69, 9.17) is 10.8 Å². The summed E-state index contributed by atoms with van der Waals surface area (Å²) in [6.45, 7) is 6.54. The van der Waals surface area contributed by atoms with E-state index in [1.807, 2.05) is 0 Å². The first-order valence-electron chi connectivity index (χ1n) is 7.65. The van der Waals surface area contributed by atoms with Gasteiger partial charge in [-0.3, -0.25) is 4.79 Å². The Morgan fingerprint density at radius 1 is 1.24 bits per heavy atom. The molecule has 0 bridgehead atoms. The minimum atomic E-state index is -0.924. The van der Waals surface area contributed by atoms with Crippen LogP contribution in [0.15, 0.2) is 24.3 Å². The summed E-state index contributed by atoms with van der Waals surface area (Å²) in [6.07, 6.45) is 3.35. The van der Waals surface area contributed by atoms with Crippen LogP contribution >= 0.6 is 11.8 Å². The Morgan fingerprint density at radius 2 is 1.81 bits per heavy atom. The van der Waals surface area contributed by atoms with Gasteiger partial charge in [-0.15, -0.1) is 0 Å². The molecule has 3 nitrogen and oxygen atoms in total. The smallest absolute Gasteiger partial charge is 0.321 e. The molecule has 2 atom stereocenters. The number of hydrogen-bond acceptors (Lipinski definition) is 3. The number of carboxylic acid groups (broad SMARTS) is 1. The first-order valence-corrected chi connectivity index (χ1v) is 8.70. The van der Waals surface area contributed by atoms with Crippen LogP contribution in [0, 0.1) is 0 Å². The molecule has 1 unspecified atom stereocenters. The molecule has 0 saturated carbocycles. The summed E-state index contributed by atoms with van der Waals surface area (Å²) < 4.78 is 0. The highest BCUT2D eigenvalue weighted by Gasteiger charge is 2.17. The summed E-state index contributed by atoms with van der Waals surface area (Å²) in [5, 5.41) is 9.23. The van der Waals surface area contributed by atoms with Crippen molar-refractivity contribution in [1.29, 1.82) is 0 Å². The predicted molar refractivity (Wildman–Crippen MR) is 90.9 cm³/mol. The summed E-state index contributed by atoms with van der Waals surface area (Å²) in [7, 11) is 0. The van der Waals surface area contributed by atoms with E-state index in [2.05, 4.69) is 45.0 Å². The van der Waals surface area contributed by atoms with Crippen molar-refractivity contribution in [2.45, 2.75) is 57.2 Å². The number of nitrogens with two attached hydrogens (primary N) is 1. The number of carboxylic acids is 1. The molecule has 0 saturated heterocycles. The van der Waals surface area contributed by atoms with Crippen molar-refractivity contribution in [2.75, 3.05) is 5.75 Å². The Kier molecular flexibility index (Phi) is 7.83. The largest absolute Gasteiger partial charge is 0.480 e. The first kappa shape index (κ1) is 18.1. The summed E-state index contributed by atoms with van der Waals surface area (Å²) >= 11 is 1.66. The summed E-state index contributed by atoms with van der Waals surface area (Å²) in [4.78, 5) is 10.8. The molecule has 4 heteroatoms. The minimum Gasteiger partial charge on any atom is -0.480 e. The second-order valence-electron chi connectivity index (χ2n) is 5.73. The van der Waals surface area contributed by atoms with Gasteiger partial charge in [-0.05, 0) is 23.5 Å². The highest BCUT2D eigenvalue weighted by Crippen LogP contribution is 2.34.